The lowest BCUT2D eigenvalue weighted by molar-refractivity contribution is 1.17. The molecule has 3 rings (SSSR count). The van der Waals surface area contributed by atoms with Crippen LogP contribution in [0.5, 0.6) is 0 Å². The number of pyridine rings is 1. The number of aromatic nitrogens is 4. The van der Waals surface area contributed by atoms with Crippen molar-refractivity contribution in [3.63, 3.8) is 0 Å². The fourth-order valence-electron chi connectivity index (χ4n) is 1.39. The van der Waals surface area contributed by atoms with Crippen LogP contribution in [0, 0.1) is 0 Å². The third-order valence-electron chi connectivity index (χ3n) is 2.11. The van der Waals surface area contributed by atoms with E-state index in [2.05, 4.69) is 19.9 Å². The maximum Gasteiger partial charge on any atom is 0.222 e. The molecule has 0 saturated heterocycles. The van der Waals surface area contributed by atoms with Crippen molar-refractivity contribution in [1.29, 1.82) is 0 Å². The average molecular weight is 249 g/mol. The Bertz CT molecular complexity index is 652. The summed E-state index contributed by atoms with van der Waals surface area (Å²) in [6, 6.07) is 3.73. The quantitative estimate of drug-likeness (QED) is 0.622. The molecule has 0 amide bonds. The van der Waals surface area contributed by atoms with E-state index in [0.29, 0.717) is 0 Å². The first-order chi connectivity index (χ1) is 7.83. The van der Waals surface area contributed by atoms with Crippen molar-refractivity contribution < 1.29 is 0 Å². The Balaban J connectivity index is 2.18. The van der Waals surface area contributed by atoms with Crippen molar-refractivity contribution in [3.8, 4) is 11.3 Å². The first kappa shape index (κ1) is 9.62. The molecule has 0 radical (unpaired) electrons. The molecule has 0 spiro atoms. The molecule has 0 fully saturated rings. The Kier molecular flexibility index (Phi) is 2.27. The lowest BCUT2D eigenvalue weighted by Gasteiger charge is -1.99. The van der Waals surface area contributed by atoms with Crippen molar-refractivity contribution in [2.75, 3.05) is 0 Å². The fraction of sp³-hybridized carbons (Fsp3) is 0. The van der Waals surface area contributed by atoms with Crippen LogP contribution >= 0.6 is 22.9 Å². The minimum Gasteiger partial charge on any atom is -0.243 e. The summed E-state index contributed by atoms with van der Waals surface area (Å²) in [7, 11) is 0. The van der Waals surface area contributed by atoms with E-state index in [1.54, 1.807) is 24.0 Å². The summed E-state index contributed by atoms with van der Waals surface area (Å²) in [4.78, 5) is 17.4. The maximum absolute atomic E-state index is 5.74. The zero-order valence-corrected chi connectivity index (χ0v) is 9.53. The molecule has 3 aromatic rings. The summed E-state index contributed by atoms with van der Waals surface area (Å²) in [6.45, 7) is 0. The SMILES string of the molecule is Clc1nccc(-c2cnc3scnc3c2)n1. The third kappa shape index (κ3) is 1.64. The van der Waals surface area contributed by atoms with E-state index in [1.165, 1.54) is 11.3 Å². The number of rotatable bonds is 1. The van der Waals surface area contributed by atoms with Gasteiger partial charge >= 0.3 is 0 Å². The van der Waals surface area contributed by atoms with Crippen molar-refractivity contribution in [2.24, 2.45) is 0 Å². The van der Waals surface area contributed by atoms with Gasteiger partial charge in [0, 0.05) is 18.0 Å². The van der Waals surface area contributed by atoms with Crippen molar-refractivity contribution in [1.82, 2.24) is 19.9 Å². The van der Waals surface area contributed by atoms with E-state index >= 15 is 0 Å². The summed E-state index contributed by atoms with van der Waals surface area (Å²) in [5, 5.41) is 0.232. The Morgan fingerprint density at radius 1 is 1.19 bits per heavy atom. The highest BCUT2D eigenvalue weighted by molar-refractivity contribution is 7.16. The number of fused-ring (bicyclic) bond motifs is 1. The van der Waals surface area contributed by atoms with Crippen LogP contribution in [0.15, 0.2) is 30.0 Å². The predicted octanol–water partition coefficient (Wildman–Crippen LogP) is 2.80. The first-order valence-corrected chi connectivity index (χ1v) is 5.77. The summed E-state index contributed by atoms with van der Waals surface area (Å²) in [6.07, 6.45) is 3.38. The van der Waals surface area contributed by atoms with E-state index in [9.17, 15) is 0 Å². The van der Waals surface area contributed by atoms with Gasteiger partial charge in [0.15, 0.2) is 0 Å². The van der Waals surface area contributed by atoms with Gasteiger partial charge in [-0.25, -0.2) is 19.9 Å². The summed E-state index contributed by atoms with van der Waals surface area (Å²) >= 11 is 7.25. The molecular weight excluding hydrogens is 244 g/mol. The maximum atomic E-state index is 5.74. The minimum atomic E-state index is 0.232. The van der Waals surface area contributed by atoms with Crippen LogP contribution in [0.2, 0.25) is 5.28 Å². The van der Waals surface area contributed by atoms with Crippen LogP contribution in [-0.4, -0.2) is 19.9 Å². The molecular formula is C10H5ClN4S. The van der Waals surface area contributed by atoms with Crippen molar-refractivity contribution in [2.45, 2.75) is 0 Å². The number of thiazole rings is 1. The summed E-state index contributed by atoms with van der Waals surface area (Å²) < 4.78 is 0. The second kappa shape index (κ2) is 3.77. The first-order valence-electron chi connectivity index (χ1n) is 4.51. The molecule has 16 heavy (non-hydrogen) atoms. The van der Waals surface area contributed by atoms with Gasteiger partial charge in [-0.1, -0.05) is 0 Å². The van der Waals surface area contributed by atoms with Gasteiger partial charge in [-0.2, -0.15) is 0 Å². The molecule has 0 aliphatic rings. The van der Waals surface area contributed by atoms with E-state index in [0.717, 1.165) is 21.6 Å². The van der Waals surface area contributed by atoms with Gasteiger partial charge < -0.3 is 0 Å². The Labute approximate surface area is 100.0 Å². The van der Waals surface area contributed by atoms with Crippen molar-refractivity contribution >= 4 is 33.3 Å². The zero-order chi connectivity index (χ0) is 11.0. The molecule has 0 aliphatic heterocycles. The molecule has 6 heteroatoms. The molecule has 4 nitrogen and oxygen atoms in total. The van der Waals surface area contributed by atoms with Crippen molar-refractivity contribution in [3.05, 3.63) is 35.3 Å². The Morgan fingerprint density at radius 3 is 3.00 bits per heavy atom. The molecule has 0 aromatic carbocycles. The monoisotopic (exact) mass is 248 g/mol. The van der Waals surface area contributed by atoms with E-state index < -0.39 is 0 Å². The summed E-state index contributed by atoms with van der Waals surface area (Å²) in [5.74, 6) is 0. The molecule has 3 aromatic heterocycles. The van der Waals surface area contributed by atoms with Crippen LogP contribution in [0.25, 0.3) is 21.6 Å². The molecule has 0 saturated carbocycles. The summed E-state index contributed by atoms with van der Waals surface area (Å²) in [5.41, 5.74) is 4.29. The average Bonchev–Trinajstić information content (AvgIpc) is 2.75. The second-order valence-electron chi connectivity index (χ2n) is 3.11. The number of nitrogens with zero attached hydrogens (tertiary/aromatic N) is 4. The molecule has 3 heterocycles. The highest BCUT2D eigenvalue weighted by Crippen LogP contribution is 2.22. The van der Waals surface area contributed by atoms with E-state index in [-0.39, 0.29) is 5.28 Å². The smallest absolute Gasteiger partial charge is 0.222 e. The molecule has 78 valence electrons. The normalized spacial score (nSPS) is 10.8. The molecule has 0 bridgehead atoms. The molecule has 0 aliphatic carbocycles. The molecule has 0 atom stereocenters. The van der Waals surface area contributed by atoms with Gasteiger partial charge in [-0.3, -0.25) is 0 Å². The second-order valence-corrected chi connectivity index (χ2v) is 4.28. The van der Waals surface area contributed by atoms with Crippen LogP contribution in [0.1, 0.15) is 0 Å². The van der Waals surface area contributed by atoms with Gasteiger partial charge in [0.05, 0.1) is 11.2 Å². The highest BCUT2D eigenvalue weighted by atomic mass is 35.5. The number of hydrogen-bond acceptors (Lipinski definition) is 5. The third-order valence-corrected chi connectivity index (χ3v) is 3.04. The van der Waals surface area contributed by atoms with Gasteiger partial charge in [0.25, 0.3) is 0 Å². The predicted molar refractivity (Wildman–Crippen MR) is 63.5 cm³/mol. The standard InChI is InChI=1S/C10H5ClN4S/c11-10-12-2-1-7(15-10)6-3-8-9(13-4-6)16-5-14-8/h1-5H. The van der Waals surface area contributed by atoms with E-state index in [1.807, 2.05) is 6.07 Å². The molecule has 0 unspecified atom stereocenters. The fourth-order valence-corrected chi connectivity index (χ4v) is 2.15. The molecule has 0 N–H and O–H groups in total. The van der Waals surface area contributed by atoms with E-state index in [4.69, 9.17) is 11.6 Å². The Hall–Kier alpha value is -1.59. The van der Waals surface area contributed by atoms with Gasteiger partial charge in [-0.05, 0) is 23.7 Å². The number of halogens is 1. The van der Waals surface area contributed by atoms with Gasteiger partial charge in [0.2, 0.25) is 5.28 Å². The van der Waals surface area contributed by atoms with Crippen LogP contribution in [-0.2, 0) is 0 Å². The lowest BCUT2D eigenvalue weighted by atomic mass is 10.2. The van der Waals surface area contributed by atoms with Crippen LogP contribution < -0.4 is 0 Å². The largest absolute Gasteiger partial charge is 0.243 e. The lowest BCUT2D eigenvalue weighted by Crippen LogP contribution is -1.87. The van der Waals surface area contributed by atoms with Gasteiger partial charge in [-0.15, -0.1) is 11.3 Å². The Morgan fingerprint density at radius 2 is 2.12 bits per heavy atom. The van der Waals surface area contributed by atoms with Gasteiger partial charge in [0.1, 0.15) is 10.3 Å². The minimum absolute atomic E-state index is 0.232. The number of hydrogen-bond donors (Lipinski definition) is 0. The zero-order valence-electron chi connectivity index (χ0n) is 7.96. The highest BCUT2D eigenvalue weighted by Gasteiger charge is 2.04. The topological polar surface area (TPSA) is 51.6 Å². The van der Waals surface area contributed by atoms with Crippen LogP contribution in [0.4, 0.5) is 0 Å². The van der Waals surface area contributed by atoms with Crippen LogP contribution in [0.3, 0.4) is 0 Å².